The Balaban J connectivity index is 2.15. The van der Waals surface area contributed by atoms with Crippen molar-refractivity contribution in [2.45, 2.75) is 38.1 Å². The predicted octanol–water partition coefficient (Wildman–Crippen LogP) is 1.84. The summed E-state index contributed by atoms with van der Waals surface area (Å²) in [6, 6.07) is 3.36. The lowest BCUT2D eigenvalue weighted by atomic mass is 9.74. The summed E-state index contributed by atoms with van der Waals surface area (Å²) < 4.78 is 0. The molecule has 5 nitrogen and oxygen atoms in total. The summed E-state index contributed by atoms with van der Waals surface area (Å²) in [5.74, 6) is -1.63. The molecule has 1 fully saturated rings. The van der Waals surface area contributed by atoms with E-state index in [1.54, 1.807) is 18.3 Å². The van der Waals surface area contributed by atoms with Crippen molar-refractivity contribution < 1.29 is 14.7 Å². The Morgan fingerprint density at radius 2 is 2.26 bits per heavy atom. The Morgan fingerprint density at radius 3 is 2.89 bits per heavy atom. The molecule has 0 saturated heterocycles. The van der Waals surface area contributed by atoms with Crippen LogP contribution in [-0.4, -0.2) is 27.5 Å². The van der Waals surface area contributed by atoms with E-state index >= 15 is 0 Å². The third-order valence-corrected chi connectivity index (χ3v) is 3.83. The van der Waals surface area contributed by atoms with Gasteiger partial charge in [0, 0.05) is 12.4 Å². The summed E-state index contributed by atoms with van der Waals surface area (Å²) in [7, 11) is 0. The van der Waals surface area contributed by atoms with Gasteiger partial charge in [-0.25, -0.2) is 0 Å². The van der Waals surface area contributed by atoms with Crippen molar-refractivity contribution in [3.8, 4) is 0 Å². The van der Waals surface area contributed by atoms with Gasteiger partial charge in [0.05, 0.1) is 17.0 Å². The number of hydrogen-bond donors (Lipinski definition) is 2. The topological polar surface area (TPSA) is 79.3 Å². The average molecular weight is 262 g/mol. The Hall–Kier alpha value is -1.91. The van der Waals surface area contributed by atoms with Gasteiger partial charge in [-0.3, -0.25) is 14.6 Å². The lowest BCUT2D eigenvalue weighted by molar-refractivity contribution is -0.145. The molecule has 2 unspecified atom stereocenters. The van der Waals surface area contributed by atoms with Gasteiger partial charge in [-0.1, -0.05) is 12.8 Å². The summed E-state index contributed by atoms with van der Waals surface area (Å²) in [4.78, 5) is 27.4. The zero-order chi connectivity index (χ0) is 13.9. The number of carboxylic acid groups (broad SMARTS) is 1. The number of pyridine rings is 1. The van der Waals surface area contributed by atoms with E-state index in [4.69, 9.17) is 0 Å². The van der Waals surface area contributed by atoms with E-state index in [1.165, 1.54) is 6.20 Å². The second-order valence-electron chi connectivity index (χ2n) is 5.25. The zero-order valence-electron chi connectivity index (χ0n) is 10.9. The summed E-state index contributed by atoms with van der Waals surface area (Å²) in [5, 5.41) is 12.2. The number of aliphatic carboxylic acids is 1. The summed E-state index contributed by atoms with van der Waals surface area (Å²) >= 11 is 0. The Bertz CT molecular complexity index is 475. The van der Waals surface area contributed by atoms with Crippen LogP contribution in [-0.2, 0) is 4.79 Å². The average Bonchev–Trinajstić information content (AvgIpc) is 2.39. The van der Waals surface area contributed by atoms with Crippen molar-refractivity contribution >= 4 is 11.9 Å². The van der Waals surface area contributed by atoms with Crippen LogP contribution in [0.2, 0.25) is 0 Å². The number of carbonyl (C=O) groups excluding carboxylic acids is 1. The van der Waals surface area contributed by atoms with Gasteiger partial charge in [-0.2, -0.15) is 0 Å². The van der Waals surface area contributed by atoms with Crippen LogP contribution in [0.3, 0.4) is 0 Å². The van der Waals surface area contributed by atoms with Crippen molar-refractivity contribution in [2.24, 2.45) is 5.92 Å². The molecule has 19 heavy (non-hydrogen) atoms. The highest BCUT2D eigenvalue weighted by molar-refractivity contribution is 5.94. The Labute approximate surface area is 112 Å². The first-order valence-corrected chi connectivity index (χ1v) is 6.48. The van der Waals surface area contributed by atoms with Gasteiger partial charge in [-0.15, -0.1) is 0 Å². The first-order chi connectivity index (χ1) is 9.03. The highest BCUT2D eigenvalue weighted by Crippen LogP contribution is 2.34. The number of rotatable bonds is 3. The summed E-state index contributed by atoms with van der Waals surface area (Å²) in [5.41, 5.74) is -0.227. The quantitative estimate of drug-likeness (QED) is 0.871. The largest absolute Gasteiger partial charge is 0.481 e. The minimum Gasteiger partial charge on any atom is -0.481 e. The molecule has 1 aromatic heterocycles. The molecule has 1 aromatic rings. The smallest absolute Gasteiger partial charge is 0.308 e. The van der Waals surface area contributed by atoms with Crippen LogP contribution in [0.4, 0.5) is 0 Å². The van der Waals surface area contributed by atoms with Crippen LogP contribution in [0.15, 0.2) is 24.5 Å². The van der Waals surface area contributed by atoms with E-state index in [0.29, 0.717) is 18.4 Å². The molecule has 1 aliphatic rings. The molecule has 0 aliphatic heterocycles. The van der Waals surface area contributed by atoms with E-state index in [9.17, 15) is 14.7 Å². The molecule has 0 spiro atoms. The minimum atomic E-state index is -0.839. The second kappa shape index (κ2) is 5.38. The lowest BCUT2D eigenvalue weighted by Gasteiger charge is -2.39. The monoisotopic (exact) mass is 262 g/mol. The molecule has 0 radical (unpaired) electrons. The van der Waals surface area contributed by atoms with Gasteiger partial charge in [0.1, 0.15) is 0 Å². The fourth-order valence-electron chi connectivity index (χ4n) is 2.71. The molecule has 1 heterocycles. The second-order valence-corrected chi connectivity index (χ2v) is 5.25. The SMILES string of the molecule is CC1(NC(=O)c2cccnc2)CCCCC1C(=O)O. The lowest BCUT2D eigenvalue weighted by Crippen LogP contribution is -2.55. The summed E-state index contributed by atoms with van der Waals surface area (Å²) in [6.07, 6.45) is 6.22. The fraction of sp³-hybridized carbons (Fsp3) is 0.500. The third kappa shape index (κ3) is 2.92. The maximum Gasteiger partial charge on any atom is 0.308 e. The molecule has 2 rings (SSSR count). The highest BCUT2D eigenvalue weighted by atomic mass is 16.4. The number of aromatic nitrogens is 1. The summed E-state index contributed by atoms with van der Waals surface area (Å²) in [6.45, 7) is 1.82. The van der Waals surface area contributed by atoms with Crippen molar-refractivity contribution in [3.05, 3.63) is 30.1 Å². The molecular weight excluding hydrogens is 244 g/mol. The van der Waals surface area contributed by atoms with Gasteiger partial charge < -0.3 is 10.4 Å². The minimum absolute atomic E-state index is 0.260. The van der Waals surface area contributed by atoms with E-state index in [0.717, 1.165) is 12.8 Å². The van der Waals surface area contributed by atoms with Crippen LogP contribution in [0.1, 0.15) is 43.0 Å². The molecule has 2 atom stereocenters. The van der Waals surface area contributed by atoms with Crippen LogP contribution < -0.4 is 5.32 Å². The van der Waals surface area contributed by atoms with Crippen molar-refractivity contribution in [1.82, 2.24) is 10.3 Å². The molecule has 1 amide bonds. The van der Waals surface area contributed by atoms with E-state index < -0.39 is 17.4 Å². The molecule has 5 heteroatoms. The first-order valence-electron chi connectivity index (χ1n) is 6.48. The third-order valence-electron chi connectivity index (χ3n) is 3.83. The maximum absolute atomic E-state index is 12.1. The molecule has 2 N–H and O–H groups in total. The zero-order valence-corrected chi connectivity index (χ0v) is 10.9. The molecule has 0 bridgehead atoms. The van der Waals surface area contributed by atoms with E-state index in [-0.39, 0.29) is 5.91 Å². The van der Waals surface area contributed by atoms with E-state index in [2.05, 4.69) is 10.3 Å². The number of amides is 1. The van der Waals surface area contributed by atoms with Crippen LogP contribution in [0.25, 0.3) is 0 Å². The first kappa shape index (κ1) is 13.5. The fourth-order valence-corrected chi connectivity index (χ4v) is 2.71. The molecular formula is C14H18N2O3. The van der Waals surface area contributed by atoms with Gasteiger partial charge in [0.25, 0.3) is 5.91 Å². The van der Waals surface area contributed by atoms with Gasteiger partial charge in [0.2, 0.25) is 0 Å². The Morgan fingerprint density at radius 1 is 1.47 bits per heavy atom. The number of hydrogen-bond acceptors (Lipinski definition) is 3. The predicted molar refractivity (Wildman–Crippen MR) is 69.7 cm³/mol. The van der Waals surface area contributed by atoms with Crippen molar-refractivity contribution in [2.75, 3.05) is 0 Å². The number of carboxylic acids is 1. The van der Waals surface area contributed by atoms with Gasteiger partial charge >= 0.3 is 5.97 Å². The van der Waals surface area contributed by atoms with Crippen LogP contribution in [0, 0.1) is 5.92 Å². The van der Waals surface area contributed by atoms with Gasteiger partial charge in [0.15, 0.2) is 0 Å². The van der Waals surface area contributed by atoms with Gasteiger partial charge in [-0.05, 0) is 31.9 Å². The molecule has 1 saturated carbocycles. The molecule has 0 aromatic carbocycles. The molecule has 102 valence electrons. The maximum atomic E-state index is 12.1. The normalized spacial score (nSPS) is 26.7. The van der Waals surface area contributed by atoms with Crippen LogP contribution in [0.5, 0.6) is 0 Å². The highest BCUT2D eigenvalue weighted by Gasteiger charge is 2.42. The van der Waals surface area contributed by atoms with Crippen molar-refractivity contribution in [3.63, 3.8) is 0 Å². The number of carbonyl (C=O) groups is 2. The Kier molecular flexibility index (Phi) is 3.83. The standard InChI is InChI=1S/C14H18N2O3/c1-14(7-3-2-6-11(14)13(18)19)16-12(17)10-5-4-8-15-9-10/h4-5,8-9,11H,2-3,6-7H2,1H3,(H,16,17)(H,18,19). The van der Waals surface area contributed by atoms with Crippen LogP contribution >= 0.6 is 0 Å². The van der Waals surface area contributed by atoms with Crippen molar-refractivity contribution in [1.29, 1.82) is 0 Å². The number of nitrogens with zero attached hydrogens (tertiary/aromatic N) is 1. The molecule has 1 aliphatic carbocycles. The number of nitrogens with one attached hydrogen (secondary N) is 1. The van der Waals surface area contributed by atoms with E-state index in [1.807, 2.05) is 6.92 Å².